The van der Waals surface area contributed by atoms with Gasteiger partial charge in [0.1, 0.15) is 0 Å². The Labute approximate surface area is 151 Å². The lowest BCUT2D eigenvalue weighted by atomic mass is 10.1. The van der Waals surface area contributed by atoms with Gasteiger partial charge in [0.2, 0.25) is 0 Å². The number of carbonyl (C=O) groups is 1. The Morgan fingerprint density at radius 1 is 1.20 bits per heavy atom. The Balaban J connectivity index is 1.55. The Morgan fingerprint density at radius 3 is 2.88 bits per heavy atom. The summed E-state index contributed by atoms with van der Waals surface area (Å²) in [6.45, 7) is 4.15. The van der Waals surface area contributed by atoms with E-state index in [0.29, 0.717) is 5.69 Å². The maximum absolute atomic E-state index is 12.6. The van der Waals surface area contributed by atoms with Gasteiger partial charge >= 0.3 is 0 Å². The fourth-order valence-electron chi connectivity index (χ4n) is 3.36. The van der Waals surface area contributed by atoms with Crippen LogP contribution in [0, 0.1) is 0 Å². The molecule has 6 heteroatoms. The zero-order valence-corrected chi connectivity index (χ0v) is 15.4. The number of nitrogens with zero attached hydrogens (tertiary/aromatic N) is 3. The number of fused-ring (bicyclic) bond motifs is 2. The Morgan fingerprint density at radius 2 is 2.04 bits per heavy atom. The number of hydrogen-bond donors (Lipinski definition) is 1. The second-order valence-electron chi connectivity index (χ2n) is 6.89. The molecule has 0 aliphatic heterocycles. The molecule has 1 amide bonds. The molecule has 4 rings (SSSR count). The summed E-state index contributed by atoms with van der Waals surface area (Å²) in [6.07, 6.45) is 9.46. The third-order valence-corrected chi connectivity index (χ3v) is 5.89. The lowest BCUT2D eigenvalue weighted by Gasteiger charge is -2.07. The van der Waals surface area contributed by atoms with E-state index in [2.05, 4.69) is 35.3 Å². The average Bonchev–Trinajstić information content (AvgIpc) is 3.13. The number of rotatable bonds is 3. The van der Waals surface area contributed by atoms with Crippen molar-refractivity contribution in [2.24, 2.45) is 0 Å². The van der Waals surface area contributed by atoms with Crippen molar-refractivity contribution in [1.82, 2.24) is 14.8 Å². The van der Waals surface area contributed by atoms with Crippen LogP contribution in [0.5, 0.6) is 0 Å². The summed E-state index contributed by atoms with van der Waals surface area (Å²) < 4.78 is 1.89. The highest BCUT2D eigenvalue weighted by Gasteiger charge is 2.17. The smallest absolute Gasteiger partial charge is 0.265 e. The Bertz CT molecular complexity index is 901. The van der Waals surface area contributed by atoms with Crippen LogP contribution in [0.4, 0.5) is 5.69 Å². The van der Waals surface area contributed by atoms with E-state index in [1.54, 1.807) is 23.7 Å². The second kappa shape index (κ2) is 6.59. The summed E-state index contributed by atoms with van der Waals surface area (Å²) in [6, 6.07) is 4.26. The minimum atomic E-state index is -0.0459. The first-order chi connectivity index (χ1) is 12.1. The quantitative estimate of drug-likeness (QED) is 0.700. The molecular weight excluding hydrogens is 332 g/mol. The summed E-state index contributed by atoms with van der Waals surface area (Å²) >= 11 is 1.64. The molecule has 1 aliphatic rings. The highest BCUT2D eigenvalue weighted by Crippen LogP contribution is 2.29. The number of thiophene rings is 1. The number of hydrogen-bond acceptors (Lipinski definition) is 4. The highest BCUT2D eigenvalue weighted by molar-refractivity contribution is 7.14. The van der Waals surface area contributed by atoms with E-state index in [4.69, 9.17) is 0 Å². The normalized spacial score (nSPS) is 14.5. The van der Waals surface area contributed by atoms with Crippen LogP contribution in [0.1, 0.15) is 59.3 Å². The predicted octanol–water partition coefficient (Wildman–Crippen LogP) is 4.59. The van der Waals surface area contributed by atoms with Crippen LogP contribution in [0.2, 0.25) is 0 Å². The molecule has 3 aromatic rings. The van der Waals surface area contributed by atoms with E-state index in [0.717, 1.165) is 28.8 Å². The average molecular weight is 354 g/mol. The van der Waals surface area contributed by atoms with Gasteiger partial charge in [0, 0.05) is 16.3 Å². The summed E-state index contributed by atoms with van der Waals surface area (Å²) in [5.74, 6) is -0.0459. The number of anilines is 1. The van der Waals surface area contributed by atoms with Gasteiger partial charge in [-0.1, -0.05) is 6.42 Å². The number of aryl methyl sites for hydroxylation is 2. The fraction of sp³-hybridized carbons (Fsp3) is 0.421. The van der Waals surface area contributed by atoms with Crippen LogP contribution in [-0.4, -0.2) is 20.7 Å². The topological polar surface area (TPSA) is 59.8 Å². The molecule has 0 radical (unpaired) electrons. The monoisotopic (exact) mass is 354 g/mol. The van der Waals surface area contributed by atoms with Crippen LogP contribution in [-0.2, 0) is 12.8 Å². The van der Waals surface area contributed by atoms with E-state index in [1.165, 1.54) is 29.7 Å². The molecule has 0 fully saturated rings. The molecule has 0 aromatic carbocycles. The molecule has 0 spiro atoms. The van der Waals surface area contributed by atoms with Crippen molar-refractivity contribution >= 4 is 34.0 Å². The minimum absolute atomic E-state index is 0.0459. The van der Waals surface area contributed by atoms with E-state index in [-0.39, 0.29) is 11.9 Å². The number of nitrogens with one attached hydrogen (secondary N) is 1. The first-order valence-electron chi connectivity index (χ1n) is 8.88. The molecule has 130 valence electrons. The van der Waals surface area contributed by atoms with Crippen LogP contribution < -0.4 is 5.32 Å². The molecule has 0 bridgehead atoms. The zero-order chi connectivity index (χ0) is 17.4. The predicted molar refractivity (Wildman–Crippen MR) is 101 cm³/mol. The Kier molecular flexibility index (Phi) is 4.29. The summed E-state index contributed by atoms with van der Waals surface area (Å²) in [4.78, 5) is 19.3. The van der Waals surface area contributed by atoms with Gasteiger partial charge in [-0.2, -0.15) is 5.10 Å². The van der Waals surface area contributed by atoms with Gasteiger partial charge in [-0.05, 0) is 57.2 Å². The molecule has 3 heterocycles. The van der Waals surface area contributed by atoms with Gasteiger partial charge < -0.3 is 5.32 Å². The van der Waals surface area contributed by atoms with Crippen molar-refractivity contribution in [2.45, 2.75) is 52.0 Å². The van der Waals surface area contributed by atoms with Crippen molar-refractivity contribution in [3.63, 3.8) is 0 Å². The summed E-state index contributed by atoms with van der Waals surface area (Å²) in [5.41, 5.74) is 2.92. The minimum Gasteiger partial charge on any atom is -0.320 e. The first kappa shape index (κ1) is 16.3. The van der Waals surface area contributed by atoms with E-state index < -0.39 is 0 Å². The second-order valence-corrected chi connectivity index (χ2v) is 8.03. The molecule has 3 aromatic heterocycles. The van der Waals surface area contributed by atoms with Crippen molar-refractivity contribution in [3.05, 3.63) is 39.8 Å². The molecule has 1 aliphatic carbocycles. The molecule has 0 saturated heterocycles. The van der Waals surface area contributed by atoms with Crippen LogP contribution in [0.15, 0.2) is 24.5 Å². The molecule has 0 saturated carbocycles. The molecule has 0 atom stereocenters. The lowest BCUT2D eigenvalue weighted by Crippen LogP contribution is -2.10. The van der Waals surface area contributed by atoms with E-state index in [1.807, 2.05) is 10.7 Å². The van der Waals surface area contributed by atoms with Crippen LogP contribution >= 0.6 is 11.3 Å². The van der Waals surface area contributed by atoms with E-state index in [9.17, 15) is 4.79 Å². The van der Waals surface area contributed by atoms with Gasteiger partial charge in [-0.15, -0.1) is 11.3 Å². The van der Waals surface area contributed by atoms with Gasteiger partial charge in [-0.25, -0.2) is 9.67 Å². The van der Waals surface area contributed by atoms with Gasteiger partial charge in [0.05, 0.1) is 23.0 Å². The first-order valence-corrected chi connectivity index (χ1v) is 9.69. The Hall–Kier alpha value is -2.21. The largest absolute Gasteiger partial charge is 0.320 e. The van der Waals surface area contributed by atoms with Crippen LogP contribution in [0.3, 0.4) is 0 Å². The van der Waals surface area contributed by atoms with Crippen molar-refractivity contribution in [2.75, 3.05) is 5.32 Å². The molecule has 0 unspecified atom stereocenters. The number of aromatic nitrogens is 3. The lowest BCUT2D eigenvalue weighted by molar-refractivity contribution is 0.103. The maximum atomic E-state index is 12.6. The van der Waals surface area contributed by atoms with Gasteiger partial charge in [-0.3, -0.25) is 4.79 Å². The molecule has 5 nitrogen and oxygen atoms in total. The summed E-state index contributed by atoms with van der Waals surface area (Å²) in [5, 5.41) is 8.29. The van der Waals surface area contributed by atoms with Crippen LogP contribution in [0.25, 0.3) is 11.0 Å². The van der Waals surface area contributed by atoms with E-state index >= 15 is 0 Å². The highest BCUT2D eigenvalue weighted by atomic mass is 32.1. The van der Waals surface area contributed by atoms with Crippen molar-refractivity contribution in [3.8, 4) is 0 Å². The van der Waals surface area contributed by atoms with Gasteiger partial charge in [0.15, 0.2) is 5.65 Å². The van der Waals surface area contributed by atoms with Gasteiger partial charge in [0.25, 0.3) is 5.91 Å². The maximum Gasteiger partial charge on any atom is 0.265 e. The molecular formula is C19H22N4OS. The number of amides is 1. The SMILES string of the molecule is CC(C)n1ncc2cc(NC(=O)c3cc4c(s3)CCCCC4)cnc21. The summed E-state index contributed by atoms with van der Waals surface area (Å²) in [7, 11) is 0. The molecule has 25 heavy (non-hydrogen) atoms. The fourth-order valence-corrected chi connectivity index (χ4v) is 4.51. The zero-order valence-electron chi connectivity index (χ0n) is 14.6. The third kappa shape index (κ3) is 3.18. The third-order valence-electron chi connectivity index (χ3n) is 4.65. The molecule has 1 N–H and O–H groups in total. The number of pyridine rings is 1. The van der Waals surface area contributed by atoms with Crippen molar-refractivity contribution < 1.29 is 4.79 Å². The van der Waals surface area contributed by atoms with Crippen molar-refractivity contribution in [1.29, 1.82) is 0 Å². The number of carbonyl (C=O) groups excluding carboxylic acids is 1. The standard InChI is InChI=1S/C19H22N4OS/c1-12(2)23-18-14(10-21-23)8-15(11-20-18)22-19(24)17-9-13-6-4-3-5-7-16(13)25-17/h8-12H,3-7H2,1-2H3,(H,22,24).